The molecular weight excluding hydrogens is 264 g/mol. The van der Waals surface area contributed by atoms with Crippen molar-refractivity contribution in [1.29, 1.82) is 0 Å². The van der Waals surface area contributed by atoms with Crippen molar-refractivity contribution in [2.45, 2.75) is 52.6 Å². The summed E-state index contributed by atoms with van der Waals surface area (Å²) >= 11 is 0. The lowest BCUT2D eigenvalue weighted by molar-refractivity contribution is 0.0182. The van der Waals surface area contributed by atoms with Crippen LogP contribution in [-0.2, 0) is 17.7 Å². The second-order valence-corrected chi connectivity index (χ2v) is 5.74. The van der Waals surface area contributed by atoms with Gasteiger partial charge in [0.15, 0.2) is 0 Å². The SMILES string of the molecule is Cc1cc(CNC(C)(C)C)nc(CCOCC(F)F)n1. The number of alkyl halides is 2. The fourth-order valence-electron chi connectivity index (χ4n) is 1.59. The number of rotatable bonds is 7. The summed E-state index contributed by atoms with van der Waals surface area (Å²) in [6, 6.07) is 1.92. The van der Waals surface area contributed by atoms with E-state index in [2.05, 4.69) is 36.1 Å². The first-order valence-electron chi connectivity index (χ1n) is 6.70. The smallest absolute Gasteiger partial charge is 0.261 e. The number of hydrogen-bond acceptors (Lipinski definition) is 4. The van der Waals surface area contributed by atoms with Gasteiger partial charge in [-0.2, -0.15) is 0 Å². The Kier molecular flexibility index (Phi) is 6.42. The monoisotopic (exact) mass is 287 g/mol. The maximum Gasteiger partial charge on any atom is 0.261 e. The molecule has 0 aliphatic rings. The number of nitrogens with zero attached hydrogens (tertiary/aromatic N) is 2. The van der Waals surface area contributed by atoms with Gasteiger partial charge in [-0.25, -0.2) is 18.7 Å². The molecule has 6 heteroatoms. The van der Waals surface area contributed by atoms with Crippen LogP contribution in [0.5, 0.6) is 0 Å². The van der Waals surface area contributed by atoms with E-state index in [4.69, 9.17) is 4.74 Å². The molecule has 0 aliphatic heterocycles. The summed E-state index contributed by atoms with van der Waals surface area (Å²) in [7, 11) is 0. The summed E-state index contributed by atoms with van der Waals surface area (Å²) in [5.74, 6) is 0.630. The summed E-state index contributed by atoms with van der Waals surface area (Å²) in [5, 5.41) is 3.35. The Bertz CT molecular complexity index is 419. The third kappa shape index (κ3) is 7.45. The Labute approximate surface area is 119 Å². The van der Waals surface area contributed by atoms with E-state index in [0.717, 1.165) is 11.4 Å². The van der Waals surface area contributed by atoms with Crippen LogP contribution in [0.4, 0.5) is 8.78 Å². The van der Waals surface area contributed by atoms with Crippen molar-refractivity contribution in [3.8, 4) is 0 Å². The quantitative estimate of drug-likeness (QED) is 0.783. The van der Waals surface area contributed by atoms with Gasteiger partial charge in [0.25, 0.3) is 6.43 Å². The Morgan fingerprint density at radius 1 is 1.30 bits per heavy atom. The van der Waals surface area contributed by atoms with Crippen molar-refractivity contribution in [2.75, 3.05) is 13.2 Å². The van der Waals surface area contributed by atoms with E-state index in [1.54, 1.807) is 0 Å². The first-order chi connectivity index (χ1) is 9.26. The molecule has 0 bridgehead atoms. The standard InChI is InChI=1S/C14H23F2N3O/c1-10-7-11(8-17-14(2,3)4)19-13(18-10)5-6-20-9-12(15)16/h7,12,17H,5-6,8-9H2,1-4H3. The third-order valence-electron chi connectivity index (χ3n) is 2.47. The number of halogens is 2. The van der Waals surface area contributed by atoms with Crippen LogP contribution in [0.15, 0.2) is 6.07 Å². The molecule has 1 aromatic rings. The maximum absolute atomic E-state index is 11.9. The zero-order valence-electron chi connectivity index (χ0n) is 12.5. The van der Waals surface area contributed by atoms with Crippen molar-refractivity contribution >= 4 is 0 Å². The number of hydrogen-bond donors (Lipinski definition) is 1. The second-order valence-electron chi connectivity index (χ2n) is 5.74. The van der Waals surface area contributed by atoms with Gasteiger partial charge in [0.1, 0.15) is 12.4 Å². The van der Waals surface area contributed by atoms with Crippen LogP contribution in [-0.4, -0.2) is 35.1 Å². The van der Waals surface area contributed by atoms with Crippen LogP contribution in [0.3, 0.4) is 0 Å². The molecule has 0 fully saturated rings. The maximum atomic E-state index is 11.9. The van der Waals surface area contributed by atoms with Gasteiger partial charge in [0.05, 0.1) is 12.3 Å². The molecule has 0 atom stereocenters. The van der Waals surface area contributed by atoms with E-state index >= 15 is 0 Å². The Morgan fingerprint density at radius 3 is 2.60 bits per heavy atom. The van der Waals surface area contributed by atoms with E-state index < -0.39 is 13.0 Å². The molecule has 0 aromatic carbocycles. The van der Waals surface area contributed by atoms with Gasteiger partial charge in [-0.1, -0.05) is 0 Å². The number of nitrogens with one attached hydrogen (secondary N) is 1. The van der Waals surface area contributed by atoms with E-state index in [-0.39, 0.29) is 12.1 Å². The lowest BCUT2D eigenvalue weighted by atomic mass is 10.1. The summed E-state index contributed by atoms with van der Waals surface area (Å²) in [6.45, 7) is 8.47. The molecule has 0 unspecified atom stereocenters. The molecular formula is C14H23F2N3O. The minimum absolute atomic E-state index is 0.0133. The lowest BCUT2D eigenvalue weighted by Crippen LogP contribution is -2.35. The molecule has 20 heavy (non-hydrogen) atoms. The molecule has 1 heterocycles. The Balaban J connectivity index is 2.53. The molecule has 0 spiro atoms. The highest BCUT2D eigenvalue weighted by Gasteiger charge is 2.10. The Hall–Kier alpha value is -1.14. The van der Waals surface area contributed by atoms with Crippen LogP contribution in [0.2, 0.25) is 0 Å². The van der Waals surface area contributed by atoms with E-state index in [0.29, 0.717) is 18.8 Å². The topological polar surface area (TPSA) is 47.0 Å². The van der Waals surface area contributed by atoms with Gasteiger partial charge >= 0.3 is 0 Å². The molecule has 0 aliphatic carbocycles. The molecule has 4 nitrogen and oxygen atoms in total. The van der Waals surface area contributed by atoms with Gasteiger partial charge in [-0.05, 0) is 33.8 Å². The van der Waals surface area contributed by atoms with Crippen molar-refractivity contribution in [2.24, 2.45) is 0 Å². The summed E-state index contributed by atoms with van der Waals surface area (Å²) in [5.41, 5.74) is 1.78. The van der Waals surface area contributed by atoms with Crippen molar-refractivity contribution in [3.63, 3.8) is 0 Å². The number of aromatic nitrogens is 2. The average Bonchev–Trinajstić information content (AvgIpc) is 2.30. The summed E-state index contributed by atoms with van der Waals surface area (Å²) < 4.78 is 28.7. The van der Waals surface area contributed by atoms with Crippen LogP contribution in [0.25, 0.3) is 0 Å². The molecule has 0 saturated heterocycles. The van der Waals surface area contributed by atoms with Crippen LogP contribution in [0, 0.1) is 6.92 Å². The zero-order valence-corrected chi connectivity index (χ0v) is 12.5. The van der Waals surface area contributed by atoms with Crippen LogP contribution >= 0.6 is 0 Å². The molecule has 114 valence electrons. The zero-order chi connectivity index (χ0) is 15.2. The van der Waals surface area contributed by atoms with Crippen molar-refractivity contribution in [3.05, 3.63) is 23.3 Å². The minimum atomic E-state index is -2.43. The van der Waals surface area contributed by atoms with Crippen molar-refractivity contribution < 1.29 is 13.5 Å². The van der Waals surface area contributed by atoms with Crippen LogP contribution in [0.1, 0.15) is 38.0 Å². The predicted molar refractivity (Wildman–Crippen MR) is 73.9 cm³/mol. The second kappa shape index (κ2) is 7.59. The molecule has 0 amide bonds. The average molecular weight is 287 g/mol. The minimum Gasteiger partial charge on any atom is -0.375 e. The van der Waals surface area contributed by atoms with Gasteiger partial charge < -0.3 is 10.1 Å². The number of aryl methyl sites for hydroxylation is 1. The largest absolute Gasteiger partial charge is 0.375 e. The van der Waals surface area contributed by atoms with Gasteiger partial charge in [-0.3, -0.25) is 0 Å². The first kappa shape index (κ1) is 16.9. The summed E-state index contributed by atoms with van der Waals surface area (Å²) in [6.07, 6.45) is -1.99. The first-order valence-corrected chi connectivity index (χ1v) is 6.70. The molecule has 0 radical (unpaired) electrons. The highest BCUT2D eigenvalue weighted by Crippen LogP contribution is 2.05. The molecule has 1 rings (SSSR count). The van der Waals surface area contributed by atoms with E-state index in [9.17, 15) is 8.78 Å². The molecule has 1 aromatic heterocycles. The van der Waals surface area contributed by atoms with Gasteiger partial charge in [0, 0.05) is 24.2 Å². The van der Waals surface area contributed by atoms with Crippen molar-refractivity contribution in [1.82, 2.24) is 15.3 Å². The fraction of sp³-hybridized carbons (Fsp3) is 0.714. The van der Waals surface area contributed by atoms with Crippen LogP contribution < -0.4 is 5.32 Å². The van der Waals surface area contributed by atoms with Gasteiger partial charge in [-0.15, -0.1) is 0 Å². The van der Waals surface area contributed by atoms with E-state index in [1.165, 1.54) is 0 Å². The van der Waals surface area contributed by atoms with Gasteiger partial charge in [0.2, 0.25) is 0 Å². The normalized spacial score (nSPS) is 12.2. The van der Waals surface area contributed by atoms with E-state index in [1.807, 2.05) is 13.0 Å². The molecule has 1 N–H and O–H groups in total. The number of ether oxygens (including phenoxy) is 1. The summed E-state index contributed by atoms with van der Waals surface area (Å²) in [4.78, 5) is 8.70. The molecule has 0 saturated carbocycles. The highest BCUT2D eigenvalue weighted by atomic mass is 19.3. The Morgan fingerprint density at radius 2 is 2.00 bits per heavy atom. The lowest BCUT2D eigenvalue weighted by Gasteiger charge is -2.20. The third-order valence-corrected chi connectivity index (χ3v) is 2.47. The predicted octanol–water partition coefficient (Wildman–Crippen LogP) is 2.50. The highest BCUT2D eigenvalue weighted by molar-refractivity contribution is 5.10. The fourth-order valence-corrected chi connectivity index (χ4v) is 1.59.